The Bertz CT molecular complexity index is 546. The van der Waals surface area contributed by atoms with Gasteiger partial charge in [0.25, 0.3) is 0 Å². The number of aromatic nitrogens is 2. The van der Waals surface area contributed by atoms with Crippen molar-refractivity contribution in [2.45, 2.75) is 19.9 Å². The van der Waals surface area contributed by atoms with E-state index in [4.69, 9.17) is 23.2 Å². The van der Waals surface area contributed by atoms with Crippen LogP contribution in [0.5, 0.6) is 0 Å². The highest BCUT2D eigenvalue weighted by Gasteiger charge is 2.09. The Labute approximate surface area is 121 Å². The Balaban J connectivity index is 2.18. The summed E-state index contributed by atoms with van der Waals surface area (Å²) >= 11 is 11.5. The fourth-order valence-electron chi connectivity index (χ4n) is 1.67. The SMILES string of the molecule is CCCNCc1ccn(-c2cc(Cl)c(F)c(Cl)c2)n1. The molecule has 0 saturated carbocycles. The summed E-state index contributed by atoms with van der Waals surface area (Å²) in [7, 11) is 0. The van der Waals surface area contributed by atoms with Crippen LogP contribution in [0.4, 0.5) is 4.39 Å². The molecule has 102 valence electrons. The zero-order valence-electron chi connectivity index (χ0n) is 10.5. The van der Waals surface area contributed by atoms with Crippen molar-refractivity contribution < 1.29 is 4.39 Å². The van der Waals surface area contributed by atoms with Gasteiger partial charge in [0.05, 0.1) is 21.4 Å². The van der Waals surface area contributed by atoms with Crippen LogP contribution in [0, 0.1) is 5.82 Å². The Kier molecular flexibility index (Phi) is 4.80. The summed E-state index contributed by atoms with van der Waals surface area (Å²) < 4.78 is 15.0. The fourth-order valence-corrected chi connectivity index (χ4v) is 2.14. The first-order valence-corrected chi connectivity index (χ1v) is 6.77. The van der Waals surface area contributed by atoms with E-state index in [0.717, 1.165) is 18.7 Å². The highest BCUT2D eigenvalue weighted by molar-refractivity contribution is 6.35. The van der Waals surface area contributed by atoms with Crippen LogP contribution in [-0.4, -0.2) is 16.3 Å². The topological polar surface area (TPSA) is 29.9 Å². The summed E-state index contributed by atoms with van der Waals surface area (Å²) in [5.41, 5.74) is 1.54. The van der Waals surface area contributed by atoms with Gasteiger partial charge in [-0.1, -0.05) is 30.1 Å². The van der Waals surface area contributed by atoms with Gasteiger partial charge in [-0.3, -0.25) is 0 Å². The van der Waals surface area contributed by atoms with E-state index in [1.54, 1.807) is 10.9 Å². The monoisotopic (exact) mass is 301 g/mol. The second-order valence-electron chi connectivity index (χ2n) is 4.15. The molecule has 0 atom stereocenters. The van der Waals surface area contributed by atoms with Crippen LogP contribution < -0.4 is 5.32 Å². The summed E-state index contributed by atoms with van der Waals surface area (Å²) in [6.07, 6.45) is 2.87. The molecule has 1 heterocycles. The maximum atomic E-state index is 13.3. The highest BCUT2D eigenvalue weighted by Crippen LogP contribution is 2.26. The third-order valence-corrected chi connectivity index (χ3v) is 3.16. The molecule has 1 aromatic carbocycles. The average Bonchev–Trinajstić information content (AvgIpc) is 2.84. The zero-order chi connectivity index (χ0) is 13.8. The minimum atomic E-state index is -0.607. The molecule has 0 radical (unpaired) electrons. The molecule has 2 aromatic rings. The van der Waals surface area contributed by atoms with E-state index in [-0.39, 0.29) is 10.0 Å². The standard InChI is InChI=1S/C13H14Cl2FN3/c1-2-4-17-8-9-3-5-19(18-9)10-6-11(14)13(16)12(15)7-10/h3,5-7,17H,2,4,8H2,1H3. The first kappa shape index (κ1) is 14.3. The number of rotatable bonds is 5. The van der Waals surface area contributed by atoms with Crippen LogP contribution in [-0.2, 0) is 6.54 Å². The van der Waals surface area contributed by atoms with Gasteiger partial charge in [-0.25, -0.2) is 9.07 Å². The molecule has 0 aliphatic heterocycles. The molecule has 3 nitrogen and oxygen atoms in total. The number of hydrogen-bond donors (Lipinski definition) is 1. The predicted octanol–water partition coefficient (Wildman–Crippen LogP) is 3.82. The lowest BCUT2D eigenvalue weighted by molar-refractivity contribution is 0.627. The number of nitrogens with one attached hydrogen (secondary N) is 1. The molecular formula is C13H14Cl2FN3. The molecule has 1 N–H and O–H groups in total. The zero-order valence-corrected chi connectivity index (χ0v) is 12.0. The highest BCUT2D eigenvalue weighted by atomic mass is 35.5. The molecule has 0 amide bonds. The lowest BCUT2D eigenvalue weighted by Gasteiger charge is -2.05. The van der Waals surface area contributed by atoms with Crippen LogP contribution in [0.1, 0.15) is 19.0 Å². The van der Waals surface area contributed by atoms with Gasteiger partial charge in [0, 0.05) is 12.7 Å². The normalized spacial score (nSPS) is 10.9. The third kappa shape index (κ3) is 3.47. The average molecular weight is 302 g/mol. The van der Waals surface area contributed by atoms with Crippen LogP contribution in [0.25, 0.3) is 5.69 Å². The van der Waals surface area contributed by atoms with Crippen molar-refractivity contribution in [3.8, 4) is 5.69 Å². The Morgan fingerprint density at radius 3 is 2.63 bits per heavy atom. The fraction of sp³-hybridized carbons (Fsp3) is 0.308. The molecule has 6 heteroatoms. The van der Waals surface area contributed by atoms with E-state index in [0.29, 0.717) is 12.2 Å². The van der Waals surface area contributed by atoms with Gasteiger partial charge in [0.15, 0.2) is 5.82 Å². The van der Waals surface area contributed by atoms with E-state index >= 15 is 0 Å². The number of halogens is 3. The minimum absolute atomic E-state index is 0.0105. The van der Waals surface area contributed by atoms with Gasteiger partial charge in [-0.05, 0) is 31.2 Å². The summed E-state index contributed by atoms with van der Waals surface area (Å²) in [5.74, 6) is -0.607. The van der Waals surface area contributed by atoms with Crippen molar-refractivity contribution in [3.05, 3.63) is 46.0 Å². The van der Waals surface area contributed by atoms with E-state index < -0.39 is 5.82 Å². The molecule has 0 bridgehead atoms. The summed E-state index contributed by atoms with van der Waals surface area (Å²) in [6, 6.07) is 4.89. The number of benzene rings is 1. The predicted molar refractivity (Wildman–Crippen MR) is 75.5 cm³/mol. The molecule has 0 spiro atoms. The second-order valence-corrected chi connectivity index (χ2v) is 4.97. The smallest absolute Gasteiger partial charge is 0.160 e. The molecule has 0 aliphatic rings. The van der Waals surface area contributed by atoms with Gasteiger partial charge in [-0.15, -0.1) is 0 Å². The van der Waals surface area contributed by atoms with Crippen LogP contribution in [0.15, 0.2) is 24.4 Å². The first-order chi connectivity index (χ1) is 9.11. The number of nitrogens with zero attached hydrogens (tertiary/aromatic N) is 2. The van der Waals surface area contributed by atoms with E-state index in [9.17, 15) is 4.39 Å². The summed E-state index contributed by atoms with van der Waals surface area (Å²) in [5, 5.41) is 7.62. The molecule has 0 unspecified atom stereocenters. The summed E-state index contributed by atoms with van der Waals surface area (Å²) in [6.45, 7) is 3.75. The van der Waals surface area contributed by atoms with Gasteiger partial charge < -0.3 is 5.32 Å². The maximum absolute atomic E-state index is 13.3. The quantitative estimate of drug-likeness (QED) is 0.672. The van der Waals surface area contributed by atoms with Crippen molar-refractivity contribution in [1.29, 1.82) is 0 Å². The van der Waals surface area contributed by atoms with Crippen molar-refractivity contribution in [2.24, 2.45) is 0 Å². The van der Waals surface area contributed by atoms with Crippen molar-refractivity contribution in [1.82, 2.24) is 15.1 Å². The van der Waals surface area contributed by atoms with Crippen molar-refractivity contribution >= 4 is 23.2 Å². The second kappa shape index (κ2) is 6.37. The molecule has 2 rings (SSSR count). The minimum Gasteiger partial charge on any atom is -0.311 e. The van der Waals surface area contributed by atoms with Crippen LogP contribution >= 0.6 is 23.2 Å². The van der Waals surface area contributed by atoms with E-state index in [1.807, 2.05) is 6.07 Å². The largest absolute Gasteiger partial charge is 0.311 e. The van der Waals surface area contributed by atoms with Gasteiger partial charge in [0.2, 0.25) is 0 Å². The third-order valence-electron chi connectivity index (χ3n) is 2.61. The molecule has 0 aliphatic carbocycles. The number of hydrogen-bond acceptors (Lipinski definition) is 2. The molecule has 0 saturated heterocycles. The van der Waals surface area contributed by atoms with Crippen LogP contribution in [0.2, 0.25) is 10.0 Å². The van der Waals surface area contributed by atoms with Gasteiger partial charge in [-0.2, -0.15) is 5.10 Å². The Morgan fingerprint density at radius 2 is 2.00 bits per heavy atom. The summed E-state index contributed by atoms with van der Waals surface area (Å²) in [4.78, 5) is 0. The maximum Gasteiger partial charge on any atom is 0.160 e. The van der Waals surface area contributed by atoms with E-state index in [2.05, 4.69) is 17.3 Å². The van der Waals surface area contributed by atoms with Gasteiger partial charge >= 0.3 is 0 Å². The van der Waals surface area contributed by atoms with Crippen molar-refractivity contribution in [2.75, 3.05) is 6.54 Å². The lowest BCUT2D eigenvalue weighted by Crippen LogP contribution is -2.14. The first-order valence-electron chi connectivity index (χ1n) is 6.02. The molecule has 0 fully saturated rings. The van der Waals surface area contributed by atoms with Gasteiger partial charge in [0.1, 0.15) is 0 Å². The Hall–Kier alpha value is -1.10. The van der Waals surface area contributed by atoms with E-state index in [1.165, 1.54) is 12.1 Å². The lowest BCUT2D eigenvalue weighted by atomic mass is 10.3. The molecule has 19 heavy (non-hydrogen) atoms. The van der Waals surface area contributed by atoms with Crippen molar-refractivity contribution in [3.63, 3.8) is 0 Å². The molecule has 1 aromatic heterocycles. The Morgan fingerprint density at radius 1 is 1.32 bits per heavy atom. The molecular weight excluding hydrogens is 288 g/mol. The van der Waals surface area contributed by atoms with Crippen LogP contribution in [0.3, 0.4) is 0 Å².